The zero-order valence-electron chi connectivity index (χ0n) is 16.1. The van der Waals surface area contributed by atoms with Crippen molar-refractivity contribution in [3.05, 3.63) is 91.0 Å². The monoisotopic (exact) mass is 413 g/mol. The van der Waals surface area contributed by atoms with E-state index in [4.69, 9.17) is 4.18 Å². The van der Waals surface area contributed by atoms with E-state index in [2.05, 4.69) is 72.8 Å². The fourth-order valence-corrected chi connectivity index (χ4v) is 8.37. The molecule has 0 aromatic heterocycles. The summed E-state index contributed by atoms with van der Waals surface area (Å²) in [6.45, 7) is 0.233. The molecule has 0 radical (unpaired) electrons. The predicted octanol–water partition coefficient (Wildman–Crippen LogP) is 3.74. The van der Waals surface area contributed by atoms with Crippen LogP contribution in [0.2, 0.25) is 0 Å². The molecular weight excluding hydrogens is 387 g/mol. The average molecular weight is 413 g/mol. The maximum Gasteiger partial charge on any atom is 0.264 e. The topological polar surface area (TPSA) is 43.4 Å². The number of unbranched alkanes of at least 4 members (excludes halogenated alkanes) is 1. The first-order chi connectivity index (χ1) is 13.5. The average Bonchev–Trinajstić information content (AvgIpc) is 2.72. The molecule has 0 amide bonds. The molecule has 3 aromatic rings. The summed E-state index contributed by atoms with van der Waals surface area (Å²) in [5.74, 6) is 0. The van der Waals surface area contributed by atoms with Crippen molar-refractivity contribution in [2.45, 2.75) is 12.8 Å². The summed E-state index contributed by atoms with van der Waals surface area (Å²) in [4.78, 5) is 0. The Morgan fingerprint density at radius 2 is 1.07 bits per heavy atom. The van der Waals surface area contributed by atoms with E-state index in [0.29, 0.717) is 6.42 Å². The zero-order chi connectivity index (χ0) is 19.9. The molecule has 3 rings (SSSR count). The summed E-state index contributed by atoms with van der Waals surface area (Å²) in [6.07, 6.45) is 3.67. The summed E-state index contributed by atoms with van der Waals surface area (Å²) in [7, 11) is -5.23. The molecule has 0 bridgehead atoms. The van der Waals surface area contributed by atoms with E-state index < -0.39 is 17.4 Å². The van der Waals surface area contributed by atoms with Gasteiger partial charge in [-0.15, -0.1) is 0 Å². The second kappa shape index (κ2) is 9.47. The molecule has 3 nitrogen and oxygen atoms in total. The van der Waals surface area contributed by atoms with Crippen LogP contribution in [0, 0.1) is 0 Å². The summed E-state index contributed by atoms with van der Waals surface area (Å²) >= 11 is 0. The first kappa shape index (κ1) is 20.7. The fourth-order valence-electron chi connectivity index (χ4n) is 3.54. The van der Waals surface area contributed by atoms with Crippen LogP contribution in [-0.2, 0) is 14.3 Å². The smallest absolute Gasteiger partial charge is 0.264 e. The van der Waals surface area contributed by atoms with E-state index in [9.17, 15) is 8.42 Å². The van der Waals surface area contributed by atoms with Gasteiger partial charge in [0.05, 0.1) is 19.0 Å². The van der Waals surface area contributed by atoms with Crippen molar-refractivity contribution in [2.24, 2.45) is 0 Å². The molecule has 146 valence electrons. The largest absolute Gasteiger partial charge is 0.270 e. The number of hydrogen-bond donors (Lipinski definition) is 0. The normalized spacial score (nSPS) is 12.0. The van der Waals surface area contributed by atoms with Crippen LogP contribution < -0.4 is 15.9 Å². The van der Waals surface area contributed by atoms with E-state index in [1.807, 2.05) is 18.2 Å². The van der Waals surface area contributed by atoms with Crippen molar-refractivity contribution in [2.75, 3.05) is 19.0 Å². The first-order valence-corrected chi connectivity index (χ1v) is 13.2. The van der Waals surface area contributed by atoms with Gasteiger partial charge in [0.25, 0.3) is 10.1 Å². The van der Waals surface area contributed by atoms with E-state index >= 15 is 0 Å². The highest BCUT2D eigenvalue weighted by atomic mass is 32.2. The standard InChI is InChI=1S/C23H26O3PS/c1-28(24,25)26-19-11-12-20-27(21-13-5-2-6-14-21,22-15-7-3-8-16-22)23-17-9-4-10-18-23/h2-10,13-18H,11-12,19-20H2,1H3/q+1. The summed E-state index contributed by atoms with van der Waals surface area (Å²) in [5.41, 5.74) is 0. The highest BCUT2D eigenvalue weighted by Gasteiger charge is 2.44. The molecule has 0 aliphatic carbocycles. The first-order valence-electron chi connectivity index (χ1n) is 9.42. The lowest BCUT2D eigenvalue weighted by atomic mass is 10.3. The molecule has 28 heavy (non-hydrogen) atoms. The minimum absolute atomic E-state index is 0.233. The van der Waals surface area contributed by atoms with Gasteiger partial charge in [-0.2, -0.15) is 8.42 Å². The van der Waals surface area contributed by atoms with Crippen LogP contribution in [0.5, 0.6) is 0 Å². The molecule has 0 atom stereocenters. The predicted molar refractivity (Wildman–Crippen MR) is 120 cm³/mol. The van der Waals surface area contributed by atoms with Crippen LogP contribution >= 0.6 is 7.26 Å². The number of hydrogen-bond acceptors (Lipinski definition) is 3. The van der Waals surface area contributed by atoms with Crippen molar-refractivity contribution in [3.8, 4) is 0 Å². The highest BCUT2D eigenvalue weighted by Crippen LogP contribution is 2.55. The molecule has 0 aliphatic rings. The number of benzene rings is 3. The Morgan fingerprint density at radius 3 is 1.43 bits per heavy atom. The van der Waals surface area contributed by atoms with Crippen molar-refractivity contribution in [1.29, 1.82) is 0 Å². The third-order valence-electron chi connectivity index (χ3n) is 4.78. The maximum absolute atomic E-state index is 11.2. The lowest BCUT2D eigenvalue weighted by molar-refractivity contribution is 0.314. The van der Waals surface area contributed by atoms with Gasteiger partial charge in [0.1, 0.15) is 23.2 Å². The molecule has 0 heterocycles. The highest BCUT2D eigenvalue weighted by molar-refractivity contribution is 7.95. The van der Waals surface area contributed by atoms with Gasteiger partial charge in [0.15, 0.2) is 0 Å². The van der Waals surface area contributed by atoms with Crippen LogP contribution in [0.15, 0.2) is 91.0 Å². The Balaban J connectivity index is 1.99. The van der Waals surface area contributed by atoms with Crippen LogP contribution in [0.1, 0.15) is 12.8 Å². The second-order valence-corrected chi connectivity index (χ2v) is 12.0. The van der Waals surface area contributed by atoms with Gasteiger partial charge >= 0.3 is 0 Å². The Labute approximate surface area is 168 Å². The van der Waals surface area contributed by atoms with Crippen molar-refractivity contribution < 1.29 is 12.6 Å². The van der Waals surface area contributed by atoms with Gasteiger partial charge in [0, 0.05) is 0 Å². The molecule has 0 N–H and O–H groups in total. The minimum atomic E-state index is -3.39. The van der Waals surface area contributed by atoms with Crippen LogP contribution in [0.3, 0.4) is 0 Å². The van der Waals surface area contributed by atoms with Gasteiger partial charge in [-0.1, -0.05) is 54.6 Å². The van der Waals surface area contributed by atoms with Crippen LogP contribution in [0.4, 0.5) is 0 Å². The molecule has 0 fully saturated rings. The third kappa shape index (κ3) is 5.08. The third-order valence-corrected chi connectivity index (χ3v) is 9.90. The van der Waals surface area contributed by atoms with Crippen LogP contribution in [0.25, 0.3) is 0 Å². The zero-order valence-corrected chi connectivity index (χ0v) is 17.8. The molecule has 5 heteroatoms. The van der Waals surface area contributed by atoms with Gasteiger partial charge in [-0.25, -0.2) is 0 Å². The van der Waals surface area contributed by atoms with Crippen LogP contribution in [-0.4, -0.2) is 27.4 Å². The van der Waals surface area contributed by atoms with Gasteiger partial charge in [-0.3, -0.25) is 4.18 Å². The summed E-state index contributed by atoms with van der Waals surface area (Å²) < 4.78 is 27.4. The van der Waals surface area contributed by atoms with Gasteiger partial charge in [0.2, 0.25) is 0 Å². The Hall–Kier alpha value is -2.00. The van der Waals surface area contributed by atoms with E-state index in [0.717, 1.165) is 18.8 Å². The second-order valence-electron chi connectivity index (χ2n) is 6.77. The molecule has 0 aliphatic heterocycles. The molecule has 0 unspecified atom stereocenters. The molecule has 0 spiro atoms. The lowest BCUT2D eigenvalue weighted by Crippen LogP contribution is -2.33. The maximum atomic E-state index is 11.2. The Kier molecular flexibility index (Phi) is 7.01. The van der Waals surface area contributed by atoms with Crippen molar-refractivity contribution in [3.63, 3.8) is 0 Å². The summed E-state index contributed by atoms with van der Waals surface area (Å²) in [6, 6.07) is 32.1. The SMILES string of the molecule is CS(=O)(=O)OCCCC[P+](c1ccccc1)(c1ccccc1)c1ccccc1. The quantitative estimate of drug-likeness (QED) is 0.305. The molecule has 3 aromatic carbocycles. The van der Waals surface area contributed by atoms with Gasteiger partial charge < -0.3 is 0 Å². The van der Waals surface area contributed by atoms with Gasteiger partial charge in [-0.05, 0) is 49.2 Å². The molecule has 0 saturated heterocycles. The Bertz CT molecular complexity index is 862. The molecule has 0 saturated carbocycles. The Morgan fingerprint density at radius 1 is 0.679 bits per heavy atom. The fraction of sp³-hybridized carbons (Fsp3) is 0.217. The van der Waals surface area contributed by atoms with E-state index in [1.165, 1.54) is 15.9 Å². The van der Waals surface area contributed by atoms with Crippen molar-refractivity contribution >= 4 is 33.3 Å². The van der Waals surface area contributed by atoms with E-state index in [1.54, 1.807) is 0 Å². The van der Waals surface area contributed by atoms with Crippen molar-refractivity contribution in [1.82, 2.24) is 0 Å². The van der Waals surface area contributed by atoms with E-state index in [-0.39, 0.29) is 6.61 Å². The summed E-state index contributed by atoms with van der Waals surface area (Å²) in [5, 5.41) is 4.03. The minimum Gasteiger partial charge on any atom is -0.270 e. The molecular formula is C23H26O3PS+. The lowest BCUT2D eigenvalue weighted by Gasteiger charge is -2.27. The number of rotatable bonds is 9.